The number of thiophene rings is 1. The number of hydrogen-bond acceptors (Lipinski definition) is 6. The maximum atomic E-state index is 5.91. The Morgan fingerprint density at radius 2 is 2.11 bits per heavy atom. The molecule has 0 amide bonds. The number of rotatable bonds is 5. The maximum Gasteiger partial charge on any atom is 0.136 e. The number of nitrogens with one attached hydrogen (secondary N) is 2. The van der Waals surface area contributed by atoms with Crippen molar-refractivity contribution in [2.24, 2.45) is 5.73 Å². The molecule has 0 fully saturated rings. The van der Waals surface area contributed by atoms with Crippen LogP contribution in [0.3, 0.4) is 0 Å². The molecule has 0 aromatic carbocycles. The summed E-state index contributed by atoms with van der Waals surface area (Å²) in [5.41, 5.74) is 5.64. The molecule has 2 aromatic rings. The Morgan fingerprint density at radius 3 is 2.78 bits per heavy atom. The summed E-state index contributed by atoms with van der Waals surface area (Å²) in [5, 5.41) is 9.48. The van der Waals surface area contributed by atoms with Crippen molar-refractivity contribution in [1.29, 1.82) is 0 Å². The first-order valence-corrected chi connectivity index (χ1v) is 6.56. The molecule has 2 rings (SSSR count). The van der Waals surface area contributed by atoms with Crippen molar-refractivity contribution in [1.82, 2.24) is 9.97 Å². The molecule has 0 saturated carbocycles. The maximum absolute atomic E-state index is 5.91. The van der Waals surface area contributed by atoms with Gasteiger partial charge in [0, 0.05) is 18.2 Å². The highest BCUT2D eigenvalue weighted by Gasteiger charge is 2.10. The highest BCUT2D eigenvalue weighted by molar-refractivity contribution is 7.14. The molecule has 0 unspecified atom stereocenters. The molecule has 96 valence electrons. The van der Waals surface area contributed by atoms with Gasteiger partial charge in [-0.3, -0.25) is 0 Å². The average Bonchev–Trinajstić information content (AvgIpc) is 2.79. The lowest BCUT2D eigenvalue weighted by Crippen LogP contribution is -2.39. The fourth-order valence-corrected chi connectivity index (χ4v) is 1.94. The Balaban J connectivity index is 2.01. The number of aromatic nitrogens is 2. The van der Waals surface area contributed by atoms with E-state index in [0.29, 0.717) is 6.54 Å². The van der Waals surface area contributed by atoms with E-state index in [2.05, 4.69) is 20.6 Å². The topological polar surface area (TPSA) is 75.9 Å². The van der Waals surface area contributed by atoms with Crippen molar-refractivity contribution in [2.75, 3.05) is 17.2 Å². The van der Waals surface area contributed by atoms with Gasteiger partial charge in [0.15, 0.2) is 0 Å². The lowest BCUT2D eigenvalue weighted by Gasteiger charge is -2.19. The fourth-order valence-electron chi connectivity index (χ4n) is 1.32. The van der Waals surface area contributed by atoms with Gasteiger partial charge in [-0.25, -0.2) is 9.97 Å². The van der Waals surface area contributed by atoms with Gasteiger partial charge in [-0.1, -0.05) is 0 Å². The highest BCUT2D eigenvalue weighted by atomic mass is 32.1. The normalized spacial score (nSPS) is 11.3. The van der Waals surface area contributed by atoms with Crippen LogP contribution in [-0.2, 0) is 0 Å². The molecular formula is C12H17N5S. The quantitative estimate of drug-likeness (QED) is 0.772. The third-order valence-electron chi connectivity index (χ3n) is 2.16. The van der Waals surface area contributed by atoms with Crippen LogP contribution in [0.15, 0.2) is 29.9 Å². The van der Waals surface area contributed by atoms with E-state index in [1.165, 1.54) is 6.33 Å². The van der Waals surface area contributed by atoms with Crippen LogP contribution in [0.25, 0.3) is 0 Å². The third kappa shape index (κ3) is 3.97. The van der Waals surface area contributed by atoms with Crippen molar-refractivity contribution >= 4 is 28.0 Å². The number of nitrogens with two attached hydrogens (primary N) is 1. The summed E-state index contributed by atoms with van der Waals surface area (Å²) in [6.45, 7) is 4.58. The highest BCUT2D eigenvalue weighted by Crippen LogP contribution is 2.20. The lowest BCUT2D eigenvalue weighted by atomic mass is 10.1. The first-order chi connectivity index (χ1) is 8.53. The largest absolute Gasteiger partial charge is 0.368 e. The van der Waals surface area contributed by atoms with Crippen LogP contribution in [0.4, 0.5) is 16.6 Å². The van der Waals surface area contributed by atoms with Gasteiger partial charge in [0.1, 0.15) is 18.0 Å². The lowest BCUT2D eigenvalue weighted by molar-refractivity contribution is 0.548. The van der Waals surface area contributed by atoms with E-state index >= 15 is 0 Å². The Morgan fingerprint density at radius 1 is 1.33 bits per heavy atom. The van der Waals surface area contributed by atoms with Crippen molar-refractivity contribution in [3.05, 3.63) is 29.9 Å². The molecule has 4 N–H and O–H groups in total. The van der Waals surface area contributed by atoms with Crippen molar-refractivity contribution in [3.63, 3.8) is 0 Å². The number of nitrogens with zero attached hydrogens (tertiary/aromatic N) is 2. The van der Waals surface area contributed by atoms with E-state index < -0.39 is 0 Å². The molecule has 0 bridgehead atoms. The van der Waals surface area contributed by atoms with E-state index in [9.17, 15) is 0 Å². The van der Waals surface area contributed by atoms with Crippen molar-refractivity contribution in [3.8, 4) is 0 Å². The first-order valence-electron chi connectivity index (χ1n) is 5.68. The van der Waals surface area contributed by atoms with Crippen LogP contribution >= 0.6 is 11.3 Å². The molecule has 0 aliphatic rings. The molecule has 6 heteroatoms. The standard InChI is InChI=1S/C12H17N5S/c1-12(2,13)7-14-9-6-10(16-8-15-9)17-11-4-3-5-18-11/h3-6,8H,7,13H2,1-2H3,(H2,14,15,16,17). The van der Waals surface area contributed by atoms with Gasteiger partial charge in [0.05, 0.1) is 5.00 Å². The molecular weight excluding hydrogens is 246 g/mol. The zero-order valence-corrected chi connectivity index (χ0v) is 11.3. The van der Waals surface area contributed by atoms with Crippen LogP contribution in [0, 0.1) is 0 Å². The van der Waals surface area contributed by atoms with Crippen LogP contribution < -0.4 is 16.4 Å². The van der Waals surface area contributed by atoms with Crippen molar-refractivity contribution in [2.45, 2.75) is 19.4 Å². The second-order valence-corrected chi connectivity index (χ2v) is 5.68. The average molecular weight is 263 g/mol. The molecule has 0 spiro atoms. The van der Waals surface area contributed by atoms with E-state index in [-0.39, 0.29) is 5.54 Å². The SMILES string of the molecule is CC(C)(N)CNc1cc(Nc2cccs2)ncn1. The van der Waals surface area contributed by atoms with Crippen LogP contribution in [0.2, 0.25) is 0 Å². The Hall–Kier alpha value is -1.66. The Bertz CT molecular complexity index is 489. The van der Waals surface area contributed by atoms with Gasteiger partial charge >= 0.3 is 0 Å². The molecule has 18 heavy (non-hydrogen) atoms. The van der Waals surface area contributed by atoms with Gasteiger partial charge < -0.3 is 16.4 Å². The molecule has 0 radical (unpaired) electrons. The minimum Gasteiger partial charge on any atom is -0.368 e. The van der Waals surface area contributed by atoms with Crippen LogP contribution in [0.5, 0.6) is 0 Å². The summed E-state index contributed by atoms with van der Waals surface area (Å²) < 4.78 is 0. The van der Waals surface area contributed by atoms with Gasteiger partial charge in [-0.2, -0.15) is 0 Å². The van der Waals surface area contributed by atoms with Gasteiger partial charge in [0.25, 0.3) is 0 Å². The van der Waals surface area contributed by atoms with Crippen molar-refractivity contribution < 1.29 is 0 Å². The van der Waals surface area contributed by atoms with E-state index in [4.69, 9.17) is 5.73 Å². The zero-order chi connectivity index (χ0) is 13.0. The molecule has 5 nitrogen and oxygen atoms in total. The van der Waals surface area contributed by atoms with E-state index in [0.717, 1.165) is 16.6 Å². The monoisotopic (exact) mass is 263 g/mol. The van der Waals surface area contributed by atoms with Gasteiger partial charge in [-0.15, -0.1) is 11.3 Å². The smallest absolute Gasteiger partial charge is 0.136 e. The van der Waals surface area contributed by atoms with E-state index in [1.54, 1.807) is 11.3 Å². The zero-order valence-electron chi connectivity index (χ0n) is 10.5. The summed E-state index contributed by atoms with van der Waals surface area (Å²) >= 11 is 1.63. The summed E-state index contributed by atoms with van der Waals surface area (Å²) in [5.74, 6) is 1.53. The van der Waals surface area contributed by atoms with E-state index in [1.807, 2.05) is 37.4 Å². The summed E-state index contributed by atoms with van der Waals surface area (Å²) in [6, 6.07) is 5.86. The minimum absolute atomic E-state index is 0.272. The predicted octanol–water partition coefficient (Wildman–Crippen LogP) is 2.43. The number of anilines is 3. The second kappa shape index (κ2) is 5.32. The molecule has 2 heterocycles. The van der Waals surface area contributed by atoms with Gasteiger partial charge in [-0.05, 0) is 31.4 Å². The summed E-state index contributed by atoms with van der Waals surface area (Å²) in [7, 11) is 0. The third-order valence-corrected chi connectivity index (χ3v) is 2.95. The predicted molar refractivity (Wildman–Crippen MR) is 76.4 cm³/mol. The summed E-state index contributed by atoms with van der Waals surface area (Å²) in [6.07, 6.45) is 1.53. The summed E-state index contributed by atoms with van der Waals surface area (Å²) in [4.78, 5) is 8.33. The first kappa shape index (κ1) is 12.8. The minimum atomic E-state index is -0.272. The van der Waals surface area contributed by atoms with Crippen LogP contribution in [-0.4, -0.2) is 22.1 Å². The van der Waals surface area contributed by atoms with Crippen LogP contribution in [0.1, 0.15) is 13.8 Å². The Kier molecular flexibility index (Phi) is 3.78. The second-order valence-electron chi connectivity index (χ2n) is 4.73. The molecule has 0 atom stereocenters. The molecule has 0 aliphatic heterocycles. The Labute approximate surface area is 110 Å². The molecule has 2 aromatic heterocycles. The molecule has 0 saturated heterocycles. The fraction of sp³-hybridized carbons (Fsp3) is 0.333. The van der Waals surface area contributed by atoms with Gasteiger partial charge in [0.2, 0.25) is 0 Å². The molecule has 0 aliphatic carbocycles. The number of hydrogen-bond donors (Lipinski definition) is 3.